The fraction of sp³-hybridized carbons (Fsp3) is 0. The second-order valence-electron chi connectivity index (χ2n) is 4.17. The van der Waals surface area contributed by atoms with Crippen LogP contribution >= 0.6 is 11.6 Å². The first-order valence-corrected chi connectivity index (χ1v) is 6.23. The minimum Gasteiger partial charge on any atom is -0.398 e. The lowest BCUT2D eigenvalue weighted by Crippen LogP contribution is -2.14. The lowest BCUT2D eigenvalue weighted by molar-refractivity contribution is 0.102. The van der Waals surface area contributed by atoms with Gasteiger partial charge in [-0.05, 0) is 36.4 Å². The standard InChI is InChI=1S/C15H9ClN4O/c16-11-2-4-14(19)13(6-11)15(21)20-12-3-1-9(7-17)10(5-12)8-18/h1-6H,19H2,(H,20,21). The van der Waals surface area contributed by atoms with Crippen molar-refractivity contribution < 1.29 is 4.79 Å². The van der Waals surface area contributed by atoms with Crippen LogP contribution in [0.2, 0.25) is 5.02 Å². The Bertz CT molecular complexity index is 802. The van der Waals surface area contributed by atoms with E-state index in [1.807, 2.05) is 12.1 Å². The van der Waals surface area contributed by atoms with E-state index in [0.717, 1.165) is 0 Å². The fourth-order valence-electron chi connectivity index (χ4n) is 1.74. The van der Waals surface area contributed by atoms with E-state index in [-0.39, 0.29) is 16.7 Å². The number of nitrogen functional groups attached to an aromatic ring is 1. The van der Waals surface area contributed by atoms with Crippen molar-refractivity contribution in [1.29, 1.82) is 10.5 Å². The number of benzene rings is 2. The minimum absolute atomic E-state index is 0.189. The highest BCUT2D eigenvalue weighted by Crippen LogP contribution is 2.20. The summed E-state index contributed by atoms with van der Waals surface area (Å²) in [6, 6.07) is 12.8. The van der Waals surface area contributed by atoms with Gasteiger partial charge in [0.25, 0.3) is 5.91 Å². The Kier molecular flexibility index (Phi) is 4.08. The number of nitrogens with one attached hydrogen (secondary N) is 1. The smallest absolute Gasteiger partial charge is 0.257 e. The predicted molar refractivity (Wildman–Crippen MR) is 79.7 cm³/mol. The topological polar surface area (TPSA) is 103 Å². The van der Waals surface area contributed by atoms with Crippen LogP contribution in [-0.2, 0) is 0 Å². The fourth-order valence-corrected chi connectivity index (χ4v) is 1.91. The predicted octanol–water partition coefficient (Wildman–Crippen LogP) is 2.92. The van der Waals surface area contributed by atoms with Crippen molar-refractivity contribution in [3.63, 3.8) is 0 Å². The minimum atomic E-state index is -0.441. The molecule has 0 aliphatic rings. The molecular weight excluding hydrogens is 288 g/mol. The molecule has 0 spiro atoms. The van der Waals surface area contributed by atoms with E-state index < -0.39 is 5.91 Å². The number of carbonyl (C=O) groups is 1. The summed E-state index contributed by atoms with van der Waals surface area (Å²) in [5.74, 6) is -0.441. The molecule has 0 heterocycles. The van der Waals surface area contributed by atoms with E-state index >= 15 is 0 Å². The van der Waals surface area contributed by atoms with Crippen LogP contribution in [0.3, 0.4) is 0 Å². The summed E-state index contributed by atoms with van der Waals surface area (Å²) in [6.07, 6.45) is 0. The molecule has 0 bridgehead atoms. The van der Waals surface area contributed by atoms with Crippen LogP contribution in [0.1, 0.15) is 21.5 Å². The molecule has 102 valence electrons. The molecule has 6 heteroatoms. The molecule has 0 saturated heterocycles. The summed E-state index contributed by atoms with van der Waals surface area (Å²) in [7, 11) is 0. The zero-order chi connectivity index (χ0) is 15.4. The molecular formula is C15H9ClN4O. The van der Waals surface area contributed by atoms with Crippen molar-refractivity contribution in [1.82, 2.24) is 0 Å². The van der Waals surface area contributed by atoms with E-state index in [1.165, 1.54) is 30.3 Å². The Hall–Kier alpha value is -3.02. The van der Waals surface area contributed by atoms with Gasteiger partial charge in [0, 0.05) is 16.4 Å². The van der Waals surface area contributed by atoms with Crippen molar-refractivity contribution in [3.8, 4) is 12.1 Å². The second-order valence-corrected chi connectivity index (χ2v) is 4.61. The molecule has 0 radical (unpaired) electrons. The monoisotopic (exact) mass is 296 g/mol. The maximum atomic E-state index is 12.1. The molecule has 0 aromatic heterocycles. The molecule has 0 aliphatic carbocycles. The number of halogens is 1. The summed E-state index contributed by atoms with van der Waals surface area (Å²) in [5, 5.41) is 20.8. The van der Waals surface area contributed by atoms with Crippen LogP contribution in [0, 0.1) is 22.7 Å². The van der Waals surface area contributed by atoms with E-state index in [9.17, 15) is 4.79 Å². The molecule has 0 saturated carbocycles. The maximum absolute atomic E-state index is 12.1. The number of nitriles is 2. The molecule has 0 atom stereocenters. The number of rotatable bonds is 2. The van der Waals surface area contributed by atoms with Crippen LogP contribution in [0.4, 0.5) is 11.4 Å². The van der Waals surface area contributed by atoms with Gasteiger partial charge in [0.05, 0.1) is 16.7 Å². The Labute approximate surface area is 126 Å². The van der Waals surface area contributed by atoms with Gasteiger partial charge in [-0.15, -0.1) is 0 Å². The number of carbonyl (C=O) groups excluding carboxylic acids is 1. The molecule has 2 rings (SSSR count). The highest BCUT2D eigenvalue weighted by Gasteiger charge is 2.12. The third kappa shape index (κ3) is 3.11. The number of nitrogens with two attached hydrogens (primary N) is 1. The lowest BCUT2D eigenvalue weighted by Gasteiger charge is -2.08. The molecule has 2 aromatic carbocycles. The summed E-state index contributed by atoms with van der Waals surface area (Å²) in [6.45, 7) is 0. The molecule has 0 aliphatic heterocycles. The summed E-state index contributed by atoms with van der Waals surface area (Å²) in [5.41, 5.74) is 7.10. The Morgan fingerprint density at radius 2 is 1.81 bits per heavy atom. The van der Waals surface area contributed by atoms with E-state index in [1.54, 1.807) is 6.07 Å². The first kappa shape index (κ1) is 14.4. The SMILES string of the molecule is N#Cc1ccc(NC(=O)c2cc(Cl)ccc2N)cc1C#N. The van der Waals surface area contributed by atoms with Crippen LogP contribution in [0.5, 0.6) is 0 Å². The normalized spacial score (nSPS) is 9.48. The van der Waals surface area contributed by atoms with Crippen molar-refractivity contribution in [3.05, 3.63) is 58.1 Å². The molecule has 21 heavy (non-hydrogen) atoms. The summed E-state index contributed by atoms with van der Waals surface area (Å²) in [4.78, 5) is 12.1. The second kappa shape index (κ2) is 5.96. The van der Waals surface area contributed by atoms with Crippen molar-refractivity contribution >= 4 is 28.9 Å². The van der Waals surface area contributed by atoms with Gasteiger partial charge in [-0.25, -0.2) is 0 Å². The number of hydrogen-bond donors (Lipinski definition) is 2. The van der Waals surface area contributed by atoms with Gasteiger partial charge in [-0.2, -0.15) is 10.5 Å². The van der Waals surface area contributed by atoms with Crippen LogP contribution in [0.15, 0.2) is 36.4 Å². The first-order chi connectivity index (χ1) is 10.0. The molecule has 1 amide bonds. The molecule has 5 nitrogen and oxygen atoms in total. The van der Waals surface area contributed by atoms with Gasteiger partial charge in [-0.1, -0.05) is 11.6 Å². The molecule has 3 N–H and O–H groups in total. The van der Waals surface area contributed by atoms with Gasteiger partial charge >= 0.3 is 0 Å². The first-order valence-electron chi connectivity index (χ1n) is 5.86. The van der Waals surface area contributed by atoms with Crippen molar-refractivity contribution in [2.45, 2.75) is 0 Å². The summed E-state index contributed by atoms with van der Waals surface area (Å²) >= 11 is 5.84. The average molecular weight is 297 g/mol. The summed E-state index contributed by atoms with van der Waals surface area (Å²) < 4.78 is 0. The Morgan fingerprint density at radius 3 is 2.48 bits per heavy atom. The van der Waals surface area contributed by atoms with Crippen LogP contribution < -0.4 is 11.1 Å². The Balaban J connectivity index is 2.30. The number of nitrogens with zero attached hydrogens (tertiary/aromatic N) is 2. The van der Waals surface area contributed by atoms with Crippen molar-refractivity contribution in [2.75, 3.05) is 11.1 Å². The highest BCUT2D eigenvalue weighted by atomic mass is 35.5. The van der Waals surface area contributed by atoms with Gasteiger partial charge in [-0.3, -0.25) is 4.79 Å². The van der Waals surface area contributed by atoms with Gasteiger partial charge in [0.1, 0.15) is 12.1 Å². The number of amides is 1. The maximum Gasteiger partial charge on any atom is 0.257 e. The average Bonchev–Trinajstić information content (AvgIpc) is 2.49. The zero-order valence-corrected chi connectivity index (χ0v) is 11.5. The Morgan fingerprint density at radius 1 is 1.10 bits per heavy atom. The van der Waals surface area contributed by atoms with Crippen LogP contribution in [-0.4, -0.2) is 5.91 Å². The van der Waals surface area contributed by atoms with E-state index in [4.69, 9.17) is 27.9 Å². The molecule has 2 aromatic rings. The quantitative estimate of drug-likeness (QED) is 0.831. The largest absolute Gasteiger partial charge is 0.398 e. The van der Waals surface area contributed by atoms with Gasteiger partial charge < -0.3 is 11.1 Å². The molecule has 0 unspecified atom stereocenters. The number of anilines is 2. The van der Waals surface area contributed by atoms with E-state index in [0.29, 0.717) is 16.4 Å². The van der Waals surface area contributed by atoms with E-state index in [2.05, 4.69) is 5.32 Å². The zero-order valence-electron chi connectivity index (χ0n) is 10.7. The van der Waals surface area contributed by atoms with Crippen LogP contribution in [0.25, 0.3) is 0 Å². The highest BCUT2D eigenvalue weighted by molar-refractivity contribution is 6.31. The van der Waals surface area contributed by atoms with Gasteiger partial charge in [0.2, 0.25) is 0 Å². The van der Waals surface area contributed by atoms with Gasteiger partial charge in [0.15, 0.2) is 0 Å². The van der Waals surface area contributed by atoms with Crippen molar-refractivity contribution in [2.24, 2.45) is 0 Å². The third-order valence-electron chi connectivity index (χ3n) is 2.78. The number of hydrogen-bond acceptors (Lipinski definition) is 4. The lowest BCUT2D eigenvalue weighted by atomic mass is 10.1. The molecule has 0 fully saturated rings. The third-order valence-corrected chi connectivity index (χ3v) is 3.01.